The number of rotatable bonds is 14. The second-order valence-corrected chi connectivity index (χ2v) is 10.1. The van der Waals surface area contributed by atoms with E-state index in [0.717, 1.165) is 17.8 Å². The van der Waals surface area contributed by atoms with Gasteiger partial charge in [-0.05, 0) is 67.1 Å². The quantitative estimate of drug-likeness (QED) is 0.280. The van der Waals surface area contributed by atoms with Gasteiger partial charge in [-0.1, -0.05) is 86.0 Å². The highest BCUT2D eigenvalue weighted by Crippen LogP contribution is 2.62. The summed E-state index contributed by atoms with van der Waals surface area (Å²) < 4.78 is 0. The van der Waals surface area contributed by atoms with Crippen molar-refractivity contribution in [1.82, 2.24) is 0 Å². The van der Waals surface area contributed by atoms with Crippen LogP contribution in [0.25, 0.3) is 0 Å². The molecule has 0 saturated heterocycles. The normalized spacial score (nSPS) is 30.1. The third kappa shape index (κ3) is 6.06. The van der Waals surface area contributed by atoms with Crippen molar-refractivity contribution in [1.29, 1.82) is 0 Å². The number of hydrogen-bond donors (Lipinski definition) is 0. The van der Waals surface area contributed by atoms with Crippen molar-refractivity contribution >= 4 is 0 Å². The second kappa shape index (κ2) is 9.63. The molecule has 0 aromatic rings. The van der Waals surface area contributed by atoms with E-state index < -0.39 is 0 Å². The Morgan fingerprint density at radius 2 is 1.75 bits per heavy atom. The highest BCUT2D eigenvalue weighted by molar-refractivity contribution is 5.02. The third-order valence-electron chi connectivity index (χ3n) is 7.70. The lowest BCUT2D eigenvalue weighted by Crippen LogP contribution is -2.25. The minimum Gasteiger partial charge on any atom is -0.0654 e. The van der Waals surface area contributed by atoms with Gasteiger partial charge in [0.05, 0.1) is 0 Å². The fourth-order valence-corrected chi connectivity index (χ4v) is 5.50. The van der Waals surface area contributed by atoms with Crippen LogP contribution in [0.1, 0.15) is 118 Å². The van der Waals surface area contributed by atoms with Crippen molar-refractivity contribution in [3.63, 3.8) is 0 Å². The maximum atomic E-state index is 2.61. The molecule has 24 heavy (non-hydrogen) atoms. The molecule has 2 saturated carbocycles. The monoisotopic (exact) mass is 334 g/mol. The van der Waals surface area contributed by atoms with Crippen LogP contribution >= 0.6 is 0 Å². The highest BCUT2D eigenvalue weighted by Gasteiger charge is 2.53. The van der Waals surface area contributed by atoms with E-state index in [2.05, 4.69) is 34.6 Å². The van der Waals surface area contributed by atoms with Gasteiger partial charge in [0.1, 0.15) is 0 Å². The maximum absolute atomic E-state index is 2.61. The molecule has 0 aromatic heterocycles. The summed E-state index contributed by atoms with van der Waals surface area (Å²) in [5, 5.41) is 0. The molecule has 2 aliphatic rings. The summed E-state index contributed by atoms with van der Waals surface area (Å²) in [5.41, 5.74) is 0.603. The van der Waals surface area contributed by atoms with Gasteiger partial charge in [0.15, 0.2) is 0 Å². The lowest BCUT2D eigenvalue weighted by Gasteiger charge is -2.36. The fraction of sp³-hybridized carbons (Fsp3) is 1.00. The molecule has 2 aliphatic carbocycles. The maximum Gasteiger partial charge on any atom is -0.0326 e. The van der Waals surface area contributed by atoms with Crippen molar-refractivity contribution in [3.05, 3.63) is 0 Å². The third-order valence-corrected chi connectivity index (χ3v) is 7.70. The Kier molecular flexibility index (Phi) is 8.15. The molecule has 0 heteroatoms. The molecule has 6 unspecified atom stereocenters. The predicted molar refractivity (Wildman–Crippen MR) is 108 cm³/mol. The van der Waals surface area contributed by atoms with Crippen molar-refractivity contribution in [2.45, 2.75) is 118 Å². The first kappa shape index (κ1) is 20.3. The summed E-state index contributed by atoms with van der Waals surface area (Å²) in [5.74, 6) is 5.43. The van der Waals surface area contributed by atoms with E-state index in [0.29, 0.717) is 5.41 Å². The zero-order valence-electron chi connectivity index (χ0n) is 17.6. The molecule has 0 aromatic carbocycles. The van der Waals surface area contributed by atoms with Gasteiger partial charge in [-0.15, -0.1) is 0 Å². The highest BCUT2D eigenvalue weighted by atomic mass is 14.6. The molecule has 2 rings (SSSR count). The topological polar surface area (TPSA) is 0 Å². The van der Waals surface area contributed by atoms with Gasteiger partial charge in [0, 0.05) is 0 Å². The smallest absolute Gasteiger partial charge is 0.0326 e. The van der Waals surface area contributed by atoms with E-state index in [4.69, 9.17) is 0 Å². The van der Waals surface area contributed by atoms with E-state index in [9.17, 15) is 0 Å². The SMILES string of the molecule is CCCCCC(C)CCC(C)(CC)CC(CCC)CC1CC2CC12. The van der Waals surface area contributed by atoms with Crippen LogP contribution in [0.5, 0.6) is 0 Å². The van der Waals surface area contributed by atoms with Gasteiger partial charge in [-0.25, -0.2) is 0 Å². The zero-order chi connectivity index (χ0) is 17.6. The molecule has 0 bridgehead atoms. The van der Waals surface area contributed by atoms with E-state index in [1.807, 2.05) is 0 Å². The van der Waals surface area contributed by atoms with Crippen LogP contribution in [0, 0.1) is 35.0 Å². The van der Waals surface area contributed by atoms with Crippen LogP contribution in [0.3, 0.4) is 0 Å². The van der Waals surface area contributed by atoms with Gasteiger partial charge in [0.2, 0.25) is 0 Å². The Morgan fingerprint density at radius 1 is 0.958 bits per heavy atom. The minimum atomic E-state index is 0.603. The average molecular weight is 335 g/mol. The Balaban J connectivity index is 1.75. The van der Waals surface area contributed by atoms with E-state index in [-0.39, 0.29) is 0 Å². The number of fused-ring (bicyclic) bond motifs is 1. The molecule has 0 N–H and O–H groups in total. The largest absolute Gasteiger partial charge is 0.0654 e. The molecule has 142 valence electrons. The molecule has 0 aliphatic heterocycles. The van der Waals surface area contributed by atoms with Crippen LogP contribution in [-0.4, -0.2) is 0 Å². The molecular weight excluding hydrogens is 288 g/mol. The van der Waals surface area contributed by atoms with Gasteiger partial charge in [-0.3, -0.25) is 0 Å². The zero-order valence-corrected chi connectivity index (χ0v) is 17.6. The van der Waals surface area contributed by atoms with Gasteiger partial charge in [0.25, 0.3) is 0 Å². The van der Waals surface area contributed by atoms with Crippen molar-refractivity contribution in [2.75, 3.05) is 0 Å². The van der Waals surface area contributed by atoms with Crippen LogP contribution in [0.2, 0.25) is 0 Å². The standard InChI is InChI=1S/C24H46/c1-6-9-10-12-19(4)13-14-24(5,8-3)18-20(11-7-2)15-21-16-22-17-23(21)22/h19-23H,6-18H2,1-5H3. The second-order valence-electron chi connectivity index (χ2n) is 10.1. The van der Waals surface area contributed by atoms with Gasteiger partial charge in [-0.2, -0.15) is 0 Å². The van der Waals surface area contributed by atoms with Crippen LogP contribution in [0.15, 0.2) is 0 Å². The van der Waals surface area contributed by atoms with Crippen molar-refractivity contribution in [2.24, 2.45) is 35.0 Å². The summed E-state index contributed by atoms with van der Waals surface area (Å²) in [7, 11) is 0. The number of unbranched alkanes of at least 4 members (excludes halogenated alkanes) is 2. The molecular formula is C24H46. The van der Waals surface area contributed by atoms with Gasteiger partial charge >= 0.3 is 0 Å². The molecule has 0 amide bonds. The Morgan fingerprint density at radius 3 is 2.29 bits per heavy atom. The fourth-order valence-electron chi connectivity index (χ4n) is 5.50. The lowest BCUT2D eigenvalue weighted by atomic mass is 9.69. The predicted octanol–water partition coefficient (Wildman–Crippen LogP) is 8.25. The summed E-state index contributed by atoms with van der Waals surface area (Å²) >= 11 is 0. The first-order valence-electron chi connectivity index (χ1n) is 11.5. The van der Waals surface area contributed by atoms with Crippen molar-refractivity contribution < 1.29 is 0 Å². The summed E-state index contributed by atoms with van der Waals surface area (Å²) in [4.78, 5) is 0. The molecule has 0 nitrogen and oxygen atoms in total. The van der Waals surface area contributed by atoms with Crippen LogP contribution in [0.4, 0.5) is 0 Å². The molecule has 6 atom stereocenters. The van der Waals surface area contributed by atoms with Crippen LogP contribution in [-0.2, 0) is 0 Å². The summed E-state index contributed by atoms with van der Waals surface area (Å²) in [6.45, 7) is 12.3. The van der Waals surface area contributed by atoms with Crippen LogP contribution < -0.4 is 0 Å². The first-order chi connectivity index (χ1) is 11.5. The van der Waals surface area contributed by atoms with Gasteiger partial charge < -0.3 is 0 Å². The minimum absolute atomic E-state index is 0.603. The summed E-state index contributed by atoms with van der Waals surface area (Å²) in [6.07, 6.45) is 19.1. The number of hydrogen-bond acceptors (Lipinski definition) is 0. The summed E-state index contributed by atoms with van der Waals surface area (Å²) in [6, 6.07) is 0. The Hall–Kier alpha value is 0. The van der Waals surface area contributed by atoms with E-state index in [1.165, 1.54) is 76.0 Å². The lowest BCUT2D eigenvalue weighted by molar-refractivity contribution is 0.146. The molecule has 0 spiro atoms. The molecule has 0 radical (unpaired) electrons. The Bertz CT molecular complexity index is 346. The van der Waals surface area contributed by atoms with Crippen molar-refractivity contribution in [3.8, 4) is 0 Å². The molecule has 2 fully saturated rings. The Labute approximate surface area is 153 Å². The first-order valence-corrected chi connectivity index (χ1v) is 11.5. The molecule has 0 heterocycles. The van der Waals surface area contributed by atoms with E-state index >= 15 is 0 Å². The van der Waals surface area contributed by atoms with E-state index in [1.54, 1.807) is 19.3 Å². The average Bonchev–Trinajstić information content (AvgIpc) is 3.22.